The fraction of sp³-hybridized carbons (Fsp3) is 0.636. The first-order chi connectivity index (χ1) is 13.5. The minimum Gasteiger partial charge on any atom is -0.480 e. The molecule has 2 amide bonds. The highest BCUT2D eigenvalue weighted by Crippen LogP contribution is 2.43. The number of piperidine rings is 1. The molecule has 2 saturated heterocycles. The normalized spacial score (nSPS) is 31.5. The van der Waals surface area contributed by atoms with Crippen molar-refractivity contribution in [3.63, 3.8) is 0 Å². The van der Waals surface area contributed by atoms with Gasteiger partial charge in [-0.3, -0.25) is 9.69 Å². The molecule has 0 spiro atoms. The molecule has 4 rings (SSSR count). The van der Waals surface area contributed by atoms with Gasteiger partial charge in [0.2, 0.25) is 0 Å². The van der Waals surface area contributed by atoms with E-state index in [2.05, 4.69) is 40.5 Å². The van der Waals surface area contributed by atoms with Gasteiger partial charge in [0.25, 0.3) is 0 Å². The first-order valence-corrected chi connectivity index (χ1v) is 10.6. The third-order valence-corrected chi connectivity index (χ3v) is 6.94. The largest absolute Gasteiger partial charge is 0.480 e. The van der Waals surface area contributed by atoms with Crippen LogP contribution in [0.4, 0.5) is 4.79 Å². The molecule has 1 saturated carbocycles. The highest BCUT2D eigenvalue weighted by molar-refractivity contribution is 5.76. The summed E-state index contributed by atoms with van der Waals surface area (Å²) in [4.78, 5) is 28.0. The van der Waals surface area contributed by atoms with Crippen molar-refractivity contribution in [2.24, 2.45) is 0 Å². The number of carbonyl (C=O) groups excluding carboxylic acids is 1. The molecule has 3 aliphatic rings. The molecule has 6 heteroatoms. The van der Waals surface area contributed by atoms with Crippen LogP contribution in [0, 0.1) is 0 Å². The number of urea groups is 1. The van der Waals surface area contributed by atoms with Crippen molar-refractivity contribution in [1.82, 2.24) is 15.1 Å². The average Bonchev–Trinajstić information content (AvgIpc) is 2.93. The molecule has 1 aromatic rings. The van der Waals surface area contributed by atoms with E-state index in [-0.39, 0.29) is 24.7 Å². The minimum absolute atomic E-state index is 0.0823. The Kier molecular flexibility index (Phi) is 5.58. The Morgan fingerprint density at radius 1 is 1.11 bits per heavy atom. The molecule has 1 unspecified atom stereocenters. The van der Waals surface area contributed by atoms with E-state index in [1.165, 1.54) is 5.56 Å². The number of rotatable bonds is 6. The standard InChI is InChI=1S/C22H31N3O3/c1-2-24(14-21(26)27)20-12-17(13-20)23-22(28)25-18-8-9-19(25)11-16(10-18)15-6-4-3-5-7-15/h3-7,16-20H,2,8-14H2,1H3,(H,23,28)(H,26,27)/t16?,17?,18-,19+,20?. The van der Waals surface area contributed by atoms with Crippen LogP contribution in [0.2, 0.25) is 0 Å². The fourth-order valence-electron chi connectivity index (χ4n) is 5.43. The summed E-state index contributed by atoms with van der Waals surface area (Å²) in [6.45, 7) is 2.80. The van der Waals surface area contributed by atoms with Crippen molar-refractivity contribution in [1.29, 1.82) is 0 Å². The predicted octanol–water partition coefficient (Wildman–Crippen LogP) is 3.04. The highest BCUT2D eigenvalue weighted by Gasteiger charge is 2.45. The van der Waals surface area contributed by atoms with Crippen LogP contribution in [0.1, 0.15) is 56.9 Å². The number of carbonyl (C=O) groups is 2. The predicted molar refractivity (Wildman–Crippen MR) is 107 cm³/mol. The Morgan fingerprint density at radius 2 is 1.75 bits per heavy atom. The number of likely N-dealkylation sites (N-methyl/N-ethyl adjacent to an activating group) is 1. The van der Waals surface area contributed by atoms with Crippen LogP contribution in [0.3, 0.4) is 0 Å². The molecule has 2 aliphatic heterocycles. The first-order valence-electron chi connectivity index (χ1n) is 10.6. The minimum atomic E-state index is -0.785. The Labute approximate surface area is 166 Å². The van der Waals surface area contributed by atoms with Crippen LogP contribution >= 0.6 is 0 Å². The number of nitrogens with one attached hydrogen (secondary N) is 1. The Morgan fingerprint density at radius 3 is 2.32 bits per heavy atom. The van der Waals surface area contributed by atoms with Gasteiger partial charge in [0.05, 0.1) is 6.54 Å². The number of aliphatic carboxylic acids is 1. The number of benzene rings is 1. The van der Waals surface area contributed by atoms with Crippen LogP contribution in [0.15, 0.2) is 30.3 Å². The summed E-state index contributed by atoms with van der Waals surface area (Å²) in [6, 6.07) is 11.9. The molecule has 3 atom stereocenters. The molecule has 3 fully saturated rings. The van der Waals surface area contributed by atoms with Gasteiger partial charge in [0, 0.05) is 24.2 Å². The average molecular weight is 386 g/mol. The second-order valence-corrected chi connectivity index (χ2v) is 8.60. The van der Waals surface area contributed by atoms with Crippen molar-refractivity contribution in [3.8, 4) is 0 Å². The number of nitrogens with zero attached hydrogens (tertiary/aromatic N) is 2. The van der Waals surface area contributed by atoms with Crippen LogP contribution < -0.4 is 5.32 Å². The first kappa shape index (κ1) is 19.2. The van der Waals surface area contributed by atoms with Crippen LogP contribution in [0.5, 0.6) is 0 Å². The molecule has 6 nitrogen and oxygen atoms in total. The molecule has 2 N–H and O–H groups in total. The van der Waals surface area contributed by atoms with Gasteiger partial charge in [0.1, 0.15) is 0 Å². The lowest BCUT2D eigenvalue weighted by Crippen LogP contribution is -2.59. The van der Waals surface area contributed by atoms with Gasteiger partial charge in [0.15, 0.2) is 0 Å². The summed E-state index contributed by atoms with van der Waals surface area (Å²) in [6.07, 6.45) is 6.03. The summed E-state index contributed by atoms with van der Waals surface area (Å²) in [7, 11) is 0. The van der Waals surface area contributed by atoms with Crippen molar-refractivity contribution in [3.05, 3.63) is 35.9 Å². The molecule has 152 valence electrons. The highest BCUT2D eigenvalue weighted by atomic mass is 16.4. The van der Waals surface area contributed by atoms with Crippen molar-refractivity contribution in [2.75, 3.05) is 13.1 Å². The molecule has 1 aliphatic carbocycles. The maximum Gasteiger partial charge on any atom is 0.318 e. The summed E-state index contributed by atoms with van der Waals surface area (Å²) in [5, 5.41) is 12.2. The third kappa shape index (κ3) is 3.88. The van der Waals surface area contributed by atoms with Crippen LogP contribution in [0.25, 0.3) is 0 Å². The lowest BCUT2D eigenvalue weighted by atomic mass is 9.84. The van der Waals surface area contributed by atoms with Crippen molar-refractivity contribution in [2.45, 2.75) is 75.5 Å². The van der Waals surface area contributed by atoms with Crippen molar-refractivity contribution < 1.29 is 14.7 Å². The van der Waals surface area contributed by atoms with E-state index in [9.17, 15) is 9.59 Å². The van der Waals surface area contributed by atoms with Gasteiger partial charge in [-0.25, -0.2) is 4.79 Å². The second kappa shape index (κ2) is 8.11. The molecule has 28 heavy (non-hydrogen) atoms. The second-order valence-electron chi connectivity index (χ2n) is 8.60. The topological polar surface area (TPSA) is 72.9 Å². The molecular weight excluding hydrogens is 354 g/mol. The van der Waals surface area contributed by atoms with E-state index in [0.717, 1.165) is 45.1 Å². The van der Waals surface area contributed by atoms with E-state index in [4.69, 9.17) is 5.11 Å². The molecule has 0 aromatic heterocycles. The molecule has 2 heterocycles. The van der Waals surface area contributed by atoms with Gasteiger partial charge in [-0.15, -0.1) is 0 Å². The van der Waals surface area contributed by atoms with Gasteiger partial charge in [-0.1, -0.05) is 37.3 Å². The van der Waals surface area contributed by atoms with Crippen LogP contribution in [-0.4, -0.2) is 64.2 Å². The van der Waals surface area contributed by atoms with Gasteiger partial charge in [-0.05, 0) is 56.6 Å². The van der Waals surface area contributed by atoms with E-state index in [1.807, 2.05) is 11.8 Å². The number of hydrogen-bond donors (Lipinski definition) is 2. The van der Waals surface area contributed by atoms with Gasteiger partial charge >= 0.3 is 12.0 Å². The monoisotopic (exact) mass is 385 g/mol. The van der Waals surface area contributed by atoms with Crippen molar-refractivity contribution >= 4 is 12.0 Å². The van der Waals surface area contributed by atoms with E-state index >= 15 is 0 Å². The molecule has 0 radical (unpaired) electrons. The number of amides is 2. The zero-order valence-corrected chi connectivity index (χ0v) is 16.6. The zero-order valence-electron chi connectivity index (χ0n) is 16.6. The SMILES string of the molecule is CCN(CC(=O)O)C1CC(NC(=O)N2[C@@H]3CC[C@H]2CC(c2ccccc2)C3)C1. The zero-order chi connectivity index (χ0) is 19.7. The lowest BCUT2D eigenvalue weighted by Gasteiger charge is -2.44. The quantitative estimate of drug-likeness (QED) is 0.789. The number of carboxylic acids is 1. The summed E-state index contributed by atoms with van der Waals surface area (Å²) in [5.41, 5.74) is 1.40. The van der Waals surface area contributed by atoms with E-state index < -0.39 is 5.97 Å². The third-order valence-electron chi connectivity index (χ3n) is 6.94. The molecule has 2 bridgehead atoms. The fourth-order valence-corrected chi connectivity index (χ4v) is 5.43. The van der Waals surface area contributed by atoms with Crippen LogP contribution in [-0.2, 0) is 4.79 Å². The lowest BCUT2D eigenvalue weighted by molar-refractivity contribution is -0.139. The number of carboxylic acid groups (broad SMARTS) is 1. The summed E-state index contributed by atoms with van der Waals surface area (Å²) < 4.78 is 0. The summed E-state index contributed by atoms with van der Waals surface area (Å²) in [5.74, 6) is -0.225. The van der Waals surface area contributed by atoms with Gasteiger partial charge < -0.3 is 15.3 Å². The van der Waals surface area contributed by atoms with Gasteiger partial charge in [-0.2, -0.15) is 0 Å². The number of hydrogen-bond acceptors (Lipinski definition) is 3. The summed E-state index contributed by atoms with van der Waals surface area (Å²) >= 11 is 0. The smallest absolute Gasteiger partial charge is 0.318 e. The molecular formula is C22H31N3O3. The number of fused-ring (bicyclic) bond motifs is 2. The van der Waals surface area contributed by atoms with E-state index in [0.29, 0.717) is 18.0 Å². The maximum absolute atomic E-state index is 12.9. The molecule has 1 aromatic carbocycles. The Balaban J connectivity index is 1.29. The Bertz CT molecular complexity index is 690. The maximum atomic E-state index is 12.9. The van der Waals surface area contributed by atoms with E-state index in [1.54, 1.807) is 0 Å². The Hall–Kier alpha value is -2.08.